The number of benzene rings is 3. The first kappa shape index (κ1) is 18.4. The Bertz CT molecular complexity index is 938. The average molecular weight is 365 g/mol. The van der Waals surface area contributed by atoms with Gasteiger partial charge in [0.1, 0.15) is 0 Å². The molecule has 1 N–H and O–H groups in total. The molecular formula is C22H23NO2S. The number of nitrogens with one attached hydrogen (secondary N) is 1. The topological polar surface area (TPSA) is 46.2 Å². The zero-order valence-corrected chi connectivity index (χ0v) is 15.6. The third-order valence-electron chi connectivity index (χ3n) is 4.43. The molecule has 3 nitrogen and oxygen atoms in total. The van der Waals surface area contributed by atoms with Gasteiger partial charge in [-0.15, -0.1) is 0 Å². The Hall–Kier alpha value is -2.43. The van der Waals surface area contributed by atoms with Gasteiger partial charge in [-0.2, -0.15) is 0 Å². The first-order valence-corrected chi connectivity index (χ1v) is 10.4. The number of rotatable bonds is 7. The predicted molar refractivity (Wildman–Crippen MR) is 106 cm³/mol. The second-order valence-corrected chi connectivity index (χ2v) is 8.40. The largest absolute Gasteiger partial charge is 0.302 e. The summed E-state index contributed by atoms with van der Waals surface area (Å²) in [6.07, 6.45) is 0. The van der Waals surface area contributed by atoms with Crippen LogP contribution in [0.1, 0.15) is 29.7 Å². The summed E-state index contributed by atoms with van der Waals surface area (Å²) in [7, 11) is -3.30. The molecule has 3 rings (SSSR count). The van der Waals surface area contributed by atoms with Crippen molar-refractivity contribution in [2.24, 2.45) is 0 Å². The lowest BCUT2D eigenvalue weighted by atomic mass is 9.98. The summed E-state index contributed by atoms with van der Waals surface area (Å²) < 4.78 is 25.2. The summed E-state index contributed by atoms with van der Waals surface area (Å²) in [4.78, 5) is 0.400. The lowest BCUT2D eigenvalue weighted by Gasteiger charge is -2.22. The summed E-state index contributed by atoms with van der Waals surface area (Å²) in [5.41, 5.74) is 2.99. The fraction of sp³-hybridized carbons (Fsp3) is 0.182. The van der Waals surface area contributed by atoms with Crippen molar-refractivity contribution in [3.05, 3.63) is 102 Å². The first-order chi connectivity index (χ1) is 12.6. The van der Waals surface area contributed by atoms with Gasteiger partial charge in [-0.25, -0.2) is 8.42 Å². The van der Waals surface area contributed by atoms with Crippen molar-refractivity contribution < 1.29 is 8.42 Å². The zero-order chi connectivity index (χ0) is 18.4. The highest BCUT2D eigenvalue weighted by Gasteiger charge is 2.23. The van der Waals surface area contributed by atoms with E-state index in [2.05, 4.69) is 17.4 Å². The van der Waals surface area contributed by atoms with Gasteiger partial charge < -0.3 is 5.32 Å². The molecule has 4 heteroatoms. The van der Waals surface area contributed by atoms with Gasteiger partial charge in [0, 0.05) is 6.54 Å². The number of sulfone groups is 1. The molecular weight excluding hydrogens is 342 g/mol. The third kappa shape index (κ3) is 4.21. The first-order valence-electron chi connectivity index (χ1n) is 8.76. The molecule has 134 valence electrons. The van der Waals surface area contributed by atoms with Gasteiger partial charge in [-0.3, -0.25) is 0 Å². The normalized spacial score (nSPS) is 12.7. The summed E-state index contributed by atoms with van der Waals surface area (Å²) in [5, 5.41) is 3.54. The molecule has 0 saturated heterocycles. The smallest absolute Gasteiger partial charge is 0.178 e. The van der Waals surface area contributed by atoms with E-state index in [1.165, 1.54) is 0 Å². The standard InChI is InChI=1S/C22H23NO2S/c1-2-26(24,25)21-16-10-9-15-20(21)22(19-13-7-4-8-14-19)23-17-18-11-5-3-6-12-18/h3-16,22-23H,2,17H2,1H3. The molecule has 0 fully saturated rings. The molecule has 0 amide bonds. The highest BCUT2D eigenvalue weighted by molar-refractivity contribution is 7.91. The van der Waals surface area contributed by atoms with Gasteiger partial charge in [0.2, 0.25) is 0 Å². The minimum atomic E-state index is -3.30. The monoisotopic (exact) mass is 365 g/mol. The summed E-state index contributed by atoms with van der Waals surface area (Å²) in [6, 6.07) is 27.2. The molecule has 3 aromatic carbocycles. The molecule has 0 aliphatic heterocycles. The molecule has 0 aliphatic rings. The molecule has 1 atom stereocenters. The Morgan fingerprint density at radius 1 is 0.808 bits per heavy atom. The lowest BCUT2D eigenvalue weighted by Crippen LogP contribution is -2.24. The van der Waals surface area contributed by atoms with Gasteiger partial charge in [0.05, 0.1) is 16.7 Å². The molecule has 0 aromatic heterocycles. The van der Waals surface area contributed by atoms with Crippen molar-refractivity contribution in [2.45, 2.75) is 24.4 Å². The average Bonchev–Trinajstić information content (AvgIpc) is 2.70. The van der Waals surface area contributed by atoms with E-state index < -0.39 is 9.84 Å². The zero-order valence-electron chi connectivity index (χ0n) is 14.8. The highest BCUT2D eigenvalue weighted by atomic mass is 32.2. The van der Waals surface area contributed by atoms with Crippen molar-refractivity contribution in [1.29, 1.82) is 0 Å². The second-order valence-electron chi connectivity index (χ2n) is 6.15. The molecule has 0 bridgehead atoms. The Kier molecular flexibility index (Phi) is 5.86. The third-order valence-corrected chi connectivity index (χ3v) is 6.23. The maximum atomic E-state index is 12.6. The summed E-state index contributed by atoms with van der Waals surface area (Å²) >= 11 is 0. The van der Waals surface area contributed by atoms with Crippen molar-refractivity contribution >= 4 is 9.84 Å². The van der Waals surface area contributed by atoms with Gasteiger partial charge >= 0.3 is 0 Å². The minimum absolute atomic E-state index is 0.0875. The predicted octanol–water partition coefficient (Wildman–Crippen LogP) is 4.36. The van der Waals surface area contributed by atoms with Gasteiger partial charge in [0.25, 0.3) is 0 Å². The van der Waals surface area contributed by atoms with Gasteiger partial charge in [0.15, 0.2) is 9.84 Å². The van der Waals surface area contributed by atoms with E-state index in [1.54, 1.807) is 19.1 Å². The Morgan fingerprint density at radius 2 is 1.38 bits per heavy atom. The SMILES string of the molecule is CCS(=O)(=O)c1ccccc1C(NCc1ccccc1)c1ccccc1. The molecule has 0 saturated carbocycles. The second kappa shape index (κ2) is 8.30. The van der Waals surface area contributed by atoms with Crippen LogP contribution in [0.25, 0.3) is 0 Å². The van der Waals surface area contributed by atoms with Crippen LogP contribution in [0.3, 0.4) is 0 Å². The Balaban J connectivity index is 2.02. The summed E-state index contributed by atoms with van der Waals surface area (Å²) in [5.74, 6) is 0.0875. The number of hydrogen-bond donors (Lipinski definition) is 1. The molecule has 0 spiro atoms. The van der Waals surface area contributed by atoms with Crippen LogP contribution in [-0.4, -0.2) is 14.2 Å². The molecule has 3 aromatic rings. The van der Waals surface area contributed by atoms with Crippen LogP contribution in [0.15, 0.2) is 89.8 Å². The van der Waals surface area contributed by atoms with E-state index >= 15 is 0 Å². The molecule has 1 unspecified atom stereocenters. The van der Waals surface area contributed by atoms with Gasteiger partial charge in [-0.05, 0) is 22.8 Å². The Morgan fingerprint density at radius 3 is 2.04 bits per heavy atom. The van der Waals surface area contributed by atoms with Crippen molar-refractivity contribution in [2.75, 3.05) is 5.75 Å². The Labute approximate surface area is 155 Å². The van der Waals surface area contributed by atoms with Crippen LogP contribution in [0.4, 0.5) is 0 Å². The van der Waals surface area contributed by atoms with E-state index in [0.717, 1.165) is 16.7 Å². The molecule has 0 radical (unpaired) electrons. The van der Waals surface area contributed by atoms with E-state index in [0.29, 0.717) is 11.4 Å². The van der Waals surface area contributed by atoms with E-state index in [1.807, 2.05) is 60.7 Å². The van der Waals surface area contributed by atoms with Crippen LogP contribution >= 0.6 is 0 Å². The quantitative estimate of drug-likeness (QED) is 0.677. The van der Waals surface area contributed by atoms with E-state index in [-0.39, 0.29) is 11.8 Å². The fourth-order valence-corrected chi connectivity index (χ4v) is 4.17. The minimum Gasteiger partial charge on any atom is -0.302 e. The maximum Gasteiger partial charge on any atom is 0.178 e. The van der Waals surface area contributed by atoms with Crippen LogP contribution in [0.2, 0.25) is 0 Å². The van der Waals surface area contributed by atoms with Crippen LogP contribution in [-0.2, 0) is 16.4 Å². The molecule has 0 aliphatic carbocycles. The maximum absolute atomic E-state index is 12.6. The summed E-state index contributed by atoms with van der Waals surface area (Å²) in [6.45, 7) is 2.34. The van der Waals surface area contributed by atoms with Crippen LogP contribution < -0.4 is 5.32 Å². The van der Waals surface area contributed by atoms with E-state index in [9.17, 15) is 8.42 Å². The van der Waals surface area contributed by atoms with Crippen molar-refractivity contribution in [3.63, 3.8) is 0 Å². The fourth-order valence-electron chi connectivity index (χ4n) is 3.03. The number of hydrogen-bond acceptors (Lipinski definition) is 3. The van der Waals surface area contributed by atoms with Crippen molar-refractivity contribution in [3.8, 4) is 0 Å². The highest BCUT2D eigenvalue weighted by Crippen LogP contribution is 2.29. The molecule has 0 heterocycles. The van der Waals surface area contributed by atoms with Crippen molar-refractivity contribution in [1.82, 2.24) is 5.32 Å². The van der Waals surface area contributed by atoms with E-state index in [4.69, 9.17) is 0 Å². The van der Waals surface area contributed by atoms with Crippen LogP contribution in [0.5, 0.6) is 0 Å². The lowest BCUT2D eigenvalue weighted by molar-refractivity contribution is 0.579. The van der Waals surface area contributed by atoms with Crippen LogP contribution in [0, 0.1) is 0 Å². The van der Waals surface area contributed by atoms with Gasteiger partial charge in [-0.1, -0.05) is 85.8 Å². The molecule has 26 heavy (non-hydrogen) atoms.